The minimum Gasteiger partial charge on any atom is -0.444 e. The van der Waals surface area contributed by atoms with Gasteiger partial charge in [0.15, 0.2) is 0 Å². The van der Waals surface area contributed by atoms with Gasteiger partial charge in [-0.3, -0.25) is 4.68 Å². The molecule has 1 amide bonds. The summed E-state index contributed by atoms with van der Waals surface area (Å²) in [5, 5.41) is 4.25. The number of aromatic nitrogens is 2. The molecule has 6 heteroatoms. The van der Waals surface area contributed by atoms with E-state index in [2.05, 4.69) is 5.10 Å². The maximum atomic E-state index is 12.0. The fraction of sp³-hybridized carbons (Fsp3) is 0.667. The van der Waals surface area contributed by atoms with Gasteiger partial charge in [-0.25, -0.2) is 4.79 Å². The van der Waals surface area contributed by atoms with E-state index in [0.717, 1.165) is 11.3 Å². The van der Waals surface area contributed by atoms with Gasteiger partial charge in [-0.15, -0.1) is 0 Å². The van der Waals surface area contributed by atoms with E-state index in [1.54, 1.807) is 11.1 Å². The first-order valence-corrected chi connectivity index (χ1v) is 6.12. The van der Waals surface area contributed by atoms with Crippen molar-refractivity contribution >= 4 is 6.09 Å². The van der Waals surface area contributed by atoms with Crippen LogP contribution in [-0.2, 0) is 24.4 Å². The number of nitrogens with two attached hydrogens (primary N) is 1. The summed E-state index contributed by atoms with van der Waals surface area (Å²) < 4.78 is 7.27. The molecule has 0 bridgehead atoms. The van der Waals surface area contributed by atoms with Crippen LogP contribution < -0.4 is 5.73 Å². The van der Waals surface area contributed by atoms with Gasteiger partial charge in [-0.2, -0.15) is 5.10 Å². The molecule has 18 heavy (non-hydrogen) atoms. The summed E-state index contributed by atoms with van der Waals surface area (Å²) in [6, 6.07) is 0. The van der Waals surface area contributed by atoms with Crippen LogP contribution in [0.2, 0.25) is 0 Å². The molecule has 1 aromatic heterocycles. The van der Waals surface area contributed by atoms with Gasteiger partial charge >= 0.3 is 6.09 Å². The first-order chi connectivity index (χ1) is 8.40. The monoisotopic (exact) mass is 252 g/mol. The number of hydrogen-bond acceptors (Lipinski definition) is 4. The highest BCUT2D eigenvalue weighted by Crippen LogP contribution is 2.18. The van der Waals surface area contributed by atoms with Gasteiger partial charge in [0.2, 0.25) is 0 Å². The lowest BCUT2D eigenvalue weighted by Crippen LogP contribution is -2.41. The molecule has 0 atom stereocenters. The Morgan fingerprint density at radius 1 is 1.50 bits per heavy atom. The van der Waals surface area contributed by atoms with E-state index in [1.165, 1.54) is 0 Å². The molecule has 1 aliphatic heterocycles. The van der Waals surface area contributed by atoms with Crippen molar-refractivity contribution in [1.29, 1.82) is 0 Å². The molecule has 0 radical (unpaired) electrons. The van der Waals surface area contributed by atoms with Crippen LogP contribution in [0.1, 0.15) is 32.0 Å². The number of carbonyl (C=O) groups excluding carboxylic acids is 1. The normalized spacial score (nSPS) is 15.4. The van der Waals surface area contributed by atoms with Crippen LogP contribution in [0.3, 0.4) is 0 Å². The molecule has 0 saturated carbocycles. The quantitative estimate of drug-likeness (QED) is 0.812. The van der Waals surface area contributed by atoms with Gasteiger partial charge in [0, 0.05) is 18.7 Å². The SMILES string of the molecule is CC(C)(C)OC(=O)N1CCn2ncc(CN)c2C1. The maximum absolute atomic E-state index is 12.0. The Kier molecular flexibility index (Phi) is 3.30. The summed E-state index contributed by atoms with van der Waals surface area (Å²) in [4.78, 5) is 13.7. The molecule has 0 fully saturated rings. The summed E-state index contributed by atoms with van der Waals surface area (Å²) in [6.45, 7) is 7.86. The van der Waals surface area contributed by atoms with Gasteiger partial charge in [-0.05, 0) is 20.8 Å². The minimum atomic E-state index is -0.467. The lowest BCUT2D eigenvalue weighted by Gasteiger charge is -2.30. The van der Waals surface area contributed by atoms with Crippen molar-refractivity contribution in [2.24, 2.45) is 5.73 Å². The Bertz CT molecular complexity index is 434. The number of nitrogens with zero attached hydrogens (tertiary/aromatic N) is 3. The van der Waals surface area contributed by atoms with E-state index in [0.29, 0.717) is 26.2 Å². The summed E-state index contributed by atoms with van der Waals surface area (Å²) in [5.41, 5.74) is 7.18. The lowest BCUT2D eigenvalue weighted by atomic mass is 10.2. The zero-order valence-electron chi connectivity index (χ0n) is 11.1. The number of ether oxygens (including phenoxy) is 1. The van der Waals surface area contributed by atoms with E-state index in [-0.39, 0.29) is 6.09 Å². The highest BCUT2D eigenvalue weighted by Gasteiger charge is 2.27. The molecule has 1 aliphatic rings. The predicted molar refractivity (Wildman–Crippen MR) is 66.8 cm³/mol. The van der Waals surface area contributed by atoms with Gasteiger partial charge in [-0.1, -0.05) is 0 Å². The number of amides is 1. The van der Waals surface area contributed by atoms with Crippen molar-refractivity contribution in [1.82, 2.24) is 14.7 Å². The van der Waals surface area contributed by atoms with Crippen molar-refractivity contribution < 1.29 is 9.53 Å². The molecule has 0 aliphatic carbocycles. The van der Waals surface area contributed by atoms with Gasteiger partial charge in [0.1, 0.15) is 5.60 Å². The van der Waals surface area contributed by atoms with Gasteiger partial charge in [0.25, 0.3) is 0 Å². The number of hydrogen-bond donors (Lipinski definition) is 1. The van der Waals surface area contributed by atoms with Crippen molar-refractivity contribution in [3.8, 4) is 0 Å². The predicted octanol–water partition coefficient (Wildman–Crippen LogP) is 1.09. The van der Waals surface area contributed by atoms with Gasteiger partial charge < -0.3 is 15.4 Å². The zero-order valence-corrected chi connectivity index (χ0v) is 11.1. The van der Waals surface area contributed by atoms with E-state index in [1.807, 2.05) is 25.5 Å². The van der Waals surface area contributed by atoms with Crippen molar-refractivity contribution in [3.05, 3.63) is 17.5 Å². The van der Waals surface area contributed by atoms with Crippen LogP contribution >= 0.6 is 0 Å². The molecule has 0 unspecified atom stereocenters. The largest absolute Gasteiger partial charge is 0.444 e. The van der Waals surface area contributed by atoms with Crippen LogP contribution in [0.4, 0.5) is 4.79 Å². The summed E-state index contributed by atoms with van der Waals surface area (Å²) in [7, 11) is 0. The van der Waals surface area contributed by atoms with E-state index < -0.39 is 5.60 Å². The minimum absolute atomic E-state index is 0.280. The maximum Gasteiger partial charge on any atom is 0.410 e. The first-order valence-electron chi connectivity index (χ1n) is 6.12. The van der Waals surface area contributed by atoms with Crippen molar-refractivity contribution in [2.75, 3.05) is 6.54 Å². The fourth-order valence-electron chi connectivity index (χ4n) is 1.95. The topological polar surface area (TPSA) is 73.4 Å². The average molecular weight is 252 g/mol. The number of fused-ring (bicyclic) bond motifs is 1. The molecule has 0 aromatic carbocycles. The molecule has 100 valence electrons. The molecule has 1 aromatic rings. The second-order valence-corrected chi connectivity index (χ2v) is 5.45. The Balaban J connectivity index is 2.09. The van der Waals surface area contributed by atoms with Crippen LogP contribution in [-0.4, -0.2) is 32.9 Å². The zero-order chi connectivity index (χ0) is 13.3. The summed E-state index contributed by atoms with van der Waals surface area (Å²) in [5.74, 6) is 0. The molecule has 2 rings (SSSR count). The third-order valence-corrected chi connectivity index (χ3v) is 2.83. The molecule has 2 N–H and O–H groups in total. The molecule has 2 heterocycles. The smallest absolute Gasteiger partial charge is 0.410 e. The van der Waals surface area contributed by atoms with Crippen LogP contribution in [0, 0.1) is 0 Å². The fourth-order valence-corrected chi connectivity index (χ4v) is 1.95. The van der Waals surface area contributed by atoms with Crippen LogP contribution in [0.5, 0.6) is 0 Å². The third kappa shape index (κ3) is 2.64. The average Bonchev–Trinajstić information content (AvgIpc) is 2.68. The second kappa shape index (κ2) is 4.61. The Hall–Kier alpha value is -1.56. The Morgan fingerprint density at radius 3 is 2.83 bits per heavy atom. The summed E-state index contributed by atoms with van der Waals surface area (Å²) in [6.07, 6.45) is 1.49. The summed E-state index contributed by atoms with van der Waals surface area (Å²) >= 11 is 0. The van der Waals surface area contributed by atoms with E-state index in [4.69, 9.17) is 10.5 Å². The van der Waals surface area contributed by atoms with E-state index >= 15 is 0 Å². The van der Waals surface area contributed by atoms with Gasteiger partial charge in [0.05, 0.1) is 25.0 Å². The Labute approximate surface area is 107 Å². The van der Waals surface area contributed by atoms with Crippen molar-refractivity contribution in [2.45, 2.75) is 46.0 Å². The van der Waals surface area contributed by atoms with Crippen LogP contribution in [0.25, 0.3) is 0 Å². The highest BCUT2D eigenvalue weighted by atomic mass is 16.6. The molecule has 6 nitrogen and oxygen atoms in total. The molecule has 0 spiro atoms. The second-order valence-electron chi connectivity index (χ2n) is 5.45. The highest BCUT2D eigenvalue weighted by molar-refractivity contribution is 5.68. The Morgan fingerprint density at radius 2 is 2.22 bits per heavy atom. The number of carbonyl (C=O) groups is 1. The molecule has 0 saturated heterocycles. The molecular formula is C12H20N4O2. The lowest BCUT2D eigenvalue weighted by molar-refractivity contribution is 0.0194. The van der Waals surface area contributed by atoms with Crippen molar-refractivity contribution in [3.63, 3.8) is 0 Å². The first kappa shape index (κ1) is 12.9. The third-order valence-electron chi connectivity index (χ3n) is 2.83. The number of rotatable bonds is 1. The van der Waals surface area contributed by atoms with Crippen LogP contribution in [0.15, 0.2) is 6.20 Å². The standard InChI is InChI=1S/C12H20N4O2/c1-12(2,3)18-11(17)15-4-5-16-10(8-15)9(6-13)7-14-16/h7H,4-6,8,13H2,1-3H3. The van der Waals surface area contributed by atoms with E-state index in [9.17, 15) is 4.79 Å². The molecular weight excluding hydrogens is 232 g/mol.